The molecule has 38 heavy (non-hydrogen) atoms. The van der Waals surface area contributed by atoms with E-state index >= 15 is 0 Å². The third-order valence-corrected chi connectivity index (χ3v) is 8.01. The Balaban J connectivity index is 1.63. The lowest BCUT2D eigenvalue weighted by molar-refractivity contribution is -0.119. The van der Waals surface area contributed by atoms with Crippen LogP contribution in [0.15, 0.2) is 42.5 Å². The highest BCUT2D eigenvalue weighted by atomic mass is 19.1. The first-order valence-electron chi connectivity index (χ1n) is 14.1. The number of hydrogen-bond acceptors (Lipinski definition) is 4. The summed E-state index contributed by atoms with van der Waals surface area (Å²) >= 11 is 0. The van der Waals surface area contributed by atoms with Gasteiger partial charge in [-0.25, -0.2) is 4.39 Å². The summed E-state index contributed by atoms with van der Waals surface area (Å²) in [4.78, 5) is 33.0. The Kier molecular flexibility index (Phi) is 9.42. The van der Waals surface area contributed by atoms with E-state index < -0.39 is 0 Å². The molecule has 0 atom stereocenters. The number of nitrogens with one attached hydrogen (secondary N) is 1. The van der Waals surface area contributed by atoms with Gasteiger partial charge < -0.3 is 20.0 Å². The Hall–Kier alpha value is -2.93. The molecule has 2 amide bonds. The second kappa shape index (κ2) is 12.7. The summed E-state index contributed by atoms with van der Waals surface area (Å²) in [5, 5.41) is 3.15. The summed E-state index contributed by atoms with van der Waals surface area (Å²) in [6, 6.07) is 12.3. The summed E-state index contributed by atoms with van der Waals surface area (Å²) in [5.41, 5.74) is 3.34. The highest BCUT2D eigenvalue weighted by Crippen LogP contribution is 2.31. The van der Waals surface area contributed by atoms with E-state index in [-0.39, 0.29) is 29.5 Å². The van der Waals surface area contributed by atoms with Gasteiger partial charge in [-0.3, -0.25) is 9.59 Å². The van der Waals surface area contributed by atoms with Crippen LogP contribution >= 0.6 is 0 Å². The maximum atomic E-state index is 13.6. The zero-order valence-corrected chi connectivity index (χ0v) is 23.4. The van der Waals surface area contributed by atoms with Gasteiger partial charge in [0.2, 0.25) is 5.91 Å². The molecule has 6 nitrogen and oxygen atoms in total. The number of halogens is 1. The fourth-order valence-electron chi connectivity index (χ4n) is 5.79. The number of piperidine rings is 1. The molecule has 1 saturated carbocycles. The zero-order valence-electron chi connectivity index (χ0n) is 23.4. The molecule has 2 aromatic carbocycles. The average Bonchev–Trinajstić information content (AvgIpc) is 3.44. The van der Waals surface area contributed by atoms with Crippen LogP contribution in [0.25, 0.3) is 0 Å². The van der Waals surface area contributed by atoms with E-state index in [1.54, 1.807) is 12.1 Å². The zero-order chi connectivity index (χ0) is 27.2. The molecule has 1 aliphatic heterocycles. The second-order valence-electron chi connectivity index (χ2n) is 11.5. The minimum absolute atomic E-state index is 0.0810. The topological polar surface area (TPSA) is 55.9 Å². The highest BCUT2D eigenvalue weighted by Gasteiger charge is 2.26. The first-order chi connectivity index (χ1) is 18.2. The Morgan fingerprint density at radius 2 is 1.68 bits per heavy atom. The molecular weight excluding hydrogens is 479 g/mol. The van der Waals surface area contributed by atoms with Gasteiger partial charge >= 0.3 is 0 Å². The van der Waals surface area contributed by atoms with Crippen molar-refractivity contribution in [3.05, 3.63) is 59.4 Å². The third-order valence-electron chi connectivity index (χ3n) is 8.01. The van der Waals surface area contributed by atoms with Gasteiger partial charge in [0.25, 0.3) is 5.91 Å². The fraction of sp³-hybridized carbons (Fsp3) is 0.548. The number of carbonyl (C=O) groups excluding carboxylic acids is 2. The third kappa shape index (κ3) is 7.13. The van der Waals surface area contributed by atoms with Gasteiger partial charge in [0.15, 0.2) is 0 Å². The quantitative estimate of drug-likeness (QED) is 0.453. The van der Waals surface area contributed by atoms with Crippen molar-refractivity contribution in [2.75, 3.05) is 43.9 Å². The molecule has 0 spiro atoms. The van der Waals surface area contributed by atoms with Crippen LogP contribution in [0, 0.1) is 17.7 Å². The van der Waals surface area contributed by atoms with Gasteiger partial charge in [0.1, 0.15) is 5.82 Å². The van der Waals surface area contributed by atoms with Crippen molar-refractivity contribution in [1.29, 1.82) is 0 Å². The van der Waals surface area contributed by atoms with Crippen LogP contribution in [0.2, 0.25) is 0 Å². The molecule has 4 rings (SSSR count). The smallest absolute Gasteiger partial charge is 0.254 e. The van der Waals surface area contributed by atoms with Crippen molar-refractivity contribution in [3.8, 4) is 0 Å². The van der Waals surface area contributed by atoms with Gasteiger partial charge in [0.05, 0.1) is 0 Å². The van der Waals surface area contributed by atoms with E-state index in [0.29, 0.717) is 24.7 Å². The minimum atomic E-state index is -0.357. The Morgan fingerprint density at radius 1 is 1.03 bits per heavy atom. The summed E-state index contributed by atoms with van der Waals surface area (Å²) in [6.07, 6.45) is 6.28. The number of carbonyl (C=O) groups is 2. The summed E-state index contributed by atoms with van der Waals surface area (Å²) in [6.45, 7) is 7.29. The Labute approximate surface area is 227 Å². The van der Waals surface area contributed by atoms with Gasteiger partial charge in [-0.2, -0.15) is 0 Å². The van der Waals surface area contributed by atoms with Crippen LogP contribution in [0.5, 0.6) is 0 Å². The predicted octanol–water partition coefficient (Wildman–Crippen LogP) is 5.78. The van der Waals surface area contributed by atoms with E-state index in [1.165, 1.54) is 12.1 Å². The predicted molar refractivity (Wildman–Crippen MR) is 152 cm³/mol. The second-order valence-corrected chi connectivity index (χ2v) is 11.5. The lowest BCUT2D eigenvalue weighted by Gasteiger charge is -2.38. The normalized spacial score (nSPS) is 17.1. The van der Waals surface area contributed by atoms with Crippen LogP contribution in [0.3, 0.4) is 0 Å². The van der Waals surface area contributed by atoms with Gasteiger partial charge in [0, 0.05) is 49.0 Å². The van der Waals surface area contributed by atoms with E-state index in [0.717, 1.165) is 68.6 Å². The highest BCUT2D eigenvalue weighted by molar-refractivity contribution is 5.95. The van der Waals surface area contributed by atoms with Crippen molar-refractivity contribution >= 4 is 23.2 Å². The van der Waals surface area contributed by atoms with E-state index in [1.807, 2.05) is 17.0 Å². The standard InChI is InChI=1S/C31H43FN4O2/c1-22(2)20-36(31(38)24-9-11-26(32)12-10-24)21-25-19-27(33-30(37)23-7-5-6-8-23)13-14-29(25)35(4)28-15-17-34(3)18-16-28/h9-14,19,22-23,28H,5-8,15-18,20-21H2,1-4H3,(H,33,37). The molecule has 0 radical (unpaired) electrons. The molecular formula is C31H43FN4O2. The van der Waals surface area contributed by atoms with Gasteiger partial charge in [-0.15, -0.1) is 0 Å². The van der Waals surface area contributed by atoms with Crippen molar-refractivity contribution in [2.45, 2.75) is 65.0 Å². The van der Waals surface area contributed by atoms with Crippen LogP contribution < -0.4 is 10.2 Å². The monoisotopic (exact) mass is 522 g/mol. The number of likely N-dealkylation sites (tertiary alicyclic amines) is 1. The summed E-state index contributed by atoms with van der Waals surface area (Å²) in [7, 11) is 4.30. The Bertz CT molecular complexity index is 1090. The van der Waals surface area contributed by atoms with Crippen LogP contribution in [0.1, 0.15) is 68.3 Å². The minimum Gasteiger partial charge on any atom is -0.371 e. The summed E-state index contributed by atoms with van der Waals surface area (Å²) in [5.74, 6) is -0.0415. The van der Waals surface area contributed by atoms with E-state index in [9.17, 15) is 14.0 Å². The molecule has 206 valence electrons. The van der Waals surface area contributed by atoms with E-state index in [4.69, 9.17) is 0 Å². The number of anilines is 2. The number of amides is 2. The molecule has 1 N–H and O–H groups in total. The van der Waals surface area contributed by atoms with E-state index in [2.05, 4.69) is 49.1 Å². The first-order valence-corrected chi connectivity index (χ1v) is 14.1. The molecule has 2 aliphatic rings. The number of benzene rings is 2. The largest absolute Gasteiger partial charge is 0.371 e. The van der Waals surface area contributed by atoms with Gasteiger partial charge in [-0.1, -0.05) is 26.7 Å². The maximum absolute atomic E-state index is 13.6. The molecule has 2 fully saturated rings. The maximum Gasteiger partial charge on any atom is 0.254 e. The van der Waals surface area contributed by atoms with Crippen LogP contribution in [0.4, 0.5) is 15.8 Å². The molecule has 1 aliphatic carbocycles. The van der Waals surface area contributed by atoms with Gasteiger partial charge in [-0.05, 0) is 99.8 Å². The Morgan fingerprint density at radius 3 is 2.32 bits per heavy atom. The number of rotatable bonds is 9. The molecule has 0 bridgehead atoms. The molecule has 1 saturated heterocycles. The van der Waals surface area contributed by atoms with Crippen molar-refractivity contribution in [1.82, 2.24) is 9.80 Å². The molecule has 1 heterocycles. The lowest BCUT2D eigenvalue weighted by Crippen LogP contribution is -2.42. The summed E-state index contributed by atoms with van der Waals surface area (Å²) < 4.78 is 13.5. The van der Waals surface area contributed by atoms with Crippen molar-refractivity contribution in [2.24, 2.45) is 11.8 Å². The lowest BCUT2D eigenvalue weighted by atomic mass is 10.0. The fourth-order valence-corrected chi connectivity index (χ4v) is 5.79. The molecule has 0 aromatic heterocycles. The SMILES string of the molecule is CC(C)CN(Cc1cc(NC(=O)C2CCCC2)ccc1N(C)C1CCN(C)CC1)C(=O)c1ccc(F)cc1. The molecule has 0 unspecified atom stereocenters. The van der Waals surface area contributed by atoms with Crippen LogP contribution in [-0.4, -0.2) is 61.4 Å². The van der Waals surface area contributed by atoms with Crippen molar-refractivity contribution < 1.29 is 14.0 Å². The van der Waals surface area contributed by atoms with Crippen LogP contribution in [-0.2, 0) is 11.3 Å². The molecule has 7 heteroatoms. The number of nitrogens with zero attached hydrogens (tertiary/aromatic N) is 3. The average molecular weight is 523 g/mol. The molecule has 2 aromatic rings. The number of hydrogen-bond donors (Lipinski definition) is 1. The first kappa shape index (κ1) is 28.1. The van der Waals surface area contributed by atoms with Crippen molar-refractivity contribution in [3.63, 3.8) is 0 Å².